The zero-order valence-corrected chi connectivity index (χ0v) is 11.0. The molecule has 0 spiro atoms. The second-order valence-corrected chi connectivity index (χ2v) is 4.91. The molecule has 2 aromatic rings. The van der Waals surface area contributed by atoms with Gasteiger partial charge in [0.2, 0.25) is 0 Å². The quantitative estimate of drug-likeness (QED) is 0.681. The van der Waals surface area contributed by atoms with E-state index in [0.717, 1.165) is 19.3 Å². The van der Waals surface area contributed by atoms with Crippen molar-refractivity contribution < 1.29 is 14.8 Å². The maximum absolute atomic E-state index is 11.0. The SMILES string of the molecule is O=C(O)c1nc(C2CCC2)n(-c2ccc([N+](=O)[O-])cc2)n1. The normalized spacial score (nSPS) is 14.7. The molecule has 0 saturated heterocycles. The van der Waals surface area contributed by atoms with E-state index >= 15 is 0 Å². The summed E-state index contributed by atoms with van der Waals surface area (Å²) in [5.74, 6) is -0.639. The van der Waals surface area contributed by atoms with Crippen molar-refractivity contribution in [2.75, 3.05) is 0 Å². The number of carbonyl (C=O) groups is 1. The minimum absolute atomic E-state index is 0.0254. The highest BCUT2D eigenvalue weighted by molar-refractivity contribution is 5.83. The van der Waals surface area contributed by atoms with Crippen molar-refractivity contribution in [2.24, 2.45) is 0 Å². The lowest BCUT2D eigenvalue weighted by Gasteiger charge is -2.24. The molecule has 0 bridgehead atoms. The van der Waals surface area contributed by atoms with Gasteiger partial charge < -0.3 is 5.11 Å². The average molecular weight is 288 g/mol. The maximum atomic E-state index is 11.0. The third-order valence-electron chi connectivity index (χ3n) is 3.60. The summed E-state index contributed by atoms with van der Waals surface area (Å²) in [6.07, 6.45) is 2.98. The number of nitro benzene ring substituents is 1. The summed E-state index contributed by atoms with van der Waals surface area (Å²) in [5.41, 5.74) is 0.546. The third kappa shape index (κ3) is 2.35. The number of benzene rings is 1. The van der Waals surface area contributed by atoms with Crippen molar-refractivity contribution in [3.8, 4) is 5.69 Å². The molecular formula is C13H12N4O4. The Morgan fingerprint density at radius 3 is 2.48 bits per heavy atom. The first-order valence-corrected chi connectivity index (χ1v) is 6.51. The molecule has 0 unspecified atom stereocenters. The van der Waals surface area contributed by atoms with Crippen LogP contribution < -0.4 is 0 Å². The number of rotatable bonds is 4. The highest BCUT2D eigenvalue weighted by Crippen LogP contribution is 2.36. The van der Waals surface area contributed by atoms with Crippen LogP contribution in [0.1, 0.15) is 41.6 Å². The van der Waals surface area contributed by atoms with E-state index in [4.69, 9.17) is 5.11 Å². The van der Waals surface area contributed by atoms with Gasteiger partial charge in [-0.05, 0) is 25.0 Å². The summed E-state index contributed by atoms with van der Waals surface area (Å²) in [6, 6.07) is 5.81. The molecule has 1 aliphatic rings. The summed E-state index contributed by atoms with van der Waals surface area (Å²) in [4.78, 5) is 25.3. The van der Waals surface area contributed by atoms with Gasteiger partial charge in [-0.1, -0.05) is 6.42 Å². The van der Waals surface area contributed by atoms with E-state index in [2.05, 4.69) is 10.1 Å². The summed E-state index contributed by atoms with van der Waals surface area (Å²) in [6.45, 7) is 0. The Hall–Kier alpha value is -2.77. The Kier molecular flexibility index (Phi) is 3.13. The van der Waals surface area contributed by atoms with Crippen molar-refractivity contribution in [3.05, 3.63) is 46.0 Å². The van der Waals surface area contributed by atoms with Gasteiger partial charge in [-0.2, -0.15) is 0 Å². The van der Waals surface area contributed by atoms with Crippen molar-refractivity contribution in [1.29, 1.82) is 0 Å². The van der Waals surface area contributed by atoms with Gasteiger partial charge in [-0.3, -0.25) is 10.1 Å². The van der Waals surface area contributed by atoms with Crippen LogP contribution in [-0.2, 0) is 0 Å². The molecule has 8 heteroatoms. The van der Waals surface area contributed by atoms with Crippen LogP contribution in [0.25, 0.3) is 5.69 Å². The fourth-order valence-corrected chi connectivity index (χ4v) is 2.25. The zero-order valence-electron chi connectivity index (χ0n) is 11.0. The Morgan fingerprint density at radius 1 is 1.33 bits per heavy atom. The number of hydrogen-bond donors (Lipinski definition) is 1. The van der Waals surface area contributed by atoms with Gasteiger partial charge in [0.1, 0.15) is 5.82 Å². The molecule has 108 valence electrons. The largest absolute Gasteiger partial charge is 0.475 e. The second-order valence-electron chi connectivity index (χ2n) is 4.91. The van der Waals surface area contributed by atoms with E-state index in [1.807, 2.05) is 0 Å². The van der Waals surface area contributed by atoms with Crippen LogP contribution in [0.5, 0.6) is 0 Å². The Labute approximate surface area is 119 Å². The van der Waals surface area contributed by atoms with Gasteiger partial charge in [-0.15, -0.1) is 5.10 Å². The Balaban J connectivity index is 2.03. The zero-order chi connectivity index (χ0) is 15.0. The van der Waals surface area contributed by atoms with E-state index in [0.29, 0.717) is 11.5 Å². The Morgan fingerprint density at radius 2 is 2.00 bits per heavy atom. The van der Waals surface area contributed by atoms with Gasteiger partial charge >= 0.3 is 5.97 Å². The second kappa shape index (κ2) is 4.97. The summed E-state index contributed by atoms with van der Waals surface area (Å²) in [7, 11) is 0. The first-order chi connectivity index (χ1) is 10.1. The summed E-state index contributed by atoms with van der Waals surface area (Å²) >= 11 is 0. The lowest BCUT2D eigenvalue weighted by Crippen LogP contribution is -2.15. The van der Waals surface area contributed by atoms with Crippen molar-refractivity contribution in [2.45, 2.75) is 25.2 Å². The minimum Gasteiger partial charge on any atom is -0.475 e. The number of aromatic nitrogens is 3. The average Bonchev–Trinajstić information content (AvgIpc) is 2.82. The topological polar surface area (TPSA) is 111 Å². The number of carboxylic acids is 1. The summed E-state index contributed by atoms with van der Waals surface area (Å²) in [5, 5.41) is 23.7. The molecule has 1 fully saturated rings. The molecule has 0 aliphatic heterocycles. The first-order valence-electron chi connectivity index (χ1n) is 6.51. The molecule has 1 N–H and O–H groups in total. The smallest absolute Gasteiger partial charge is 0.375 e. The fourth-order valence-electron chi connectivity index (χ4n) is 2.25. The van der Waals surface area contributed by atoms with E-state index in [9.17, 15) is 14.9 Å². The Bertz CT molecular complexity index is 703. The van der Waals surface area contributed by atoms with Crippen LogP contribution in [-0.4, -0.2) is 30.8 Å². The van der Waals surface area contributed by atoms with Crippen LogP contribution in [0.3, 0.4) is 0 Å². The van der Waals surface area contributed by atoms with E-state index in [1.165, 1.54) is 16.8 Å². The summed E-state index contributed by atoms with van der Waals surface area (Å²) < 4.78 is 1.47. The minimum atomic E-state index is -1.18. The van der Waals surface area contributed by atoms with Crippen molar-refractivity contribution in [3.63, 3.8) is 0 Å². The van der Waals surface area contributed by atoms with Gasteiger partial charge in [-0.25, -0.2) is 14.5 Å². The van der Waals surface area contributed by atoms with Crippen LogP contribution in [0.2, 0.25) is 0 Å². The molecule has 0 radical (unpaired) electrons. The highest BCUT2D eigenvalue weighted by Gasteiger charge is 2.28. The standard InChI is InChI=1S/C13H12N4O4/c18-13(19)11-14-12(8-2-1-3-8)16(15-11)9-4-6-10(7-5-9)17(20)21/h4-8H,1-3H2,(H,18,19). The molecule has 3 rings (SSSR count). The molecule has 1 aromatic carbocycles. The number of hydrogen-bond acceptors (Lipinski definition) is 5. The van der Waals surface area contributed by atoms with Crippen LogP contribution in [0, 0.1) is 10.1 Å². The van der Waals surface area contributed by atoms with Gasteiger partial charge in [0.25, 0.3) is 11.5 Å². The predicted octanol–water partition coefficient (Wildman–Crippen LogP) is 2.14. The first kappa shape index (κ1) is 13.2. The number of non-ortho nitro benzene ring substituents is 1. The lowest BCUT2D eigenvalue weighted by atomic mass is 9.85. The molecule has 1 aromatic heterocycles. The lowest BCUT2D eigenvalue weighted by molar-refractivity contribution is -0.384. The molecule has 8 nitrogen and oxygen atoms in total. The highest BCUT2D eigenvalue weighted by atomic mass is 16.6. The van der Waals surface area contributed by atoms with Gasteiger partial charge in [0.05, 0.1) is 10.6 Å². The predicted molar refractivity (Wildman–Crippen MR) is 71.6 cm³/mol. The van der Waals surface area contributed by atoms with E-state index < -0.39 is 10.9 Å². The number of aromatic carboxylic acids is 1. The van der Waals surface area contributed by atoms with Crippen molar-refractivity contribution >= 4 is 11.7 Å². The van der Waals surface area contributed by atoms with Crippen molar-refractivity contribution in [1.82, 2.24) is 14.8 Å². The number of nitrogens with zero attached hydrogens (tertiary/aromatic N) is 4. The molecule has 0 amide bonds. The third-order valence-corrected chi connectivity index (χ3v) is 3.60. The molecule has 1 saturated carbocycles. The number of carboxylic acid groups (broad SMARTS) is 1. The van der Waals surface area contributed by atoms with E-state index in [-0.39, 0.29) is 17.4 Å². The maximum Gasteiger partial charge on any atom is 0.375 e. The van der Waals surface area contributed by atoms with Gasteiger partial charge in [0.15, 0.2) is 0 Å². The van der Waals surface area contributed by atoms with Crippen LogP contribution in [0.15, 0.2) is 24.3 Å². The van der Waals surface area contributed by atoms with Crippen LogP contribution >= 0.6 is 0 Å². The fraction of sp³-hybridized carbons (Fsp3) is 0.308. The van der Waals surface area contributed by atoms with Crippen LogP contribution in [0.4, 0.5) is 5.69 Å². The molecule has 1 heterocycles. The monoisotopic (exact) mass is 288 g/mol. The molecule has 0 atom stereocenters. The van der Waals surface area contributed by atoms with Gasteiger partial charge in [0, 0.05) is 18.1 Å². The molecular weight excluding hydrogens is 276 g/mol. The number of nitro groups is 1. The molecule has 21 heavy (non-hydrogen) atoms. The molecule has 1 aliphatic carbocycles. The van der Waals surface area contributed by atoms with E-state index in [1.54, 1.807) is 12.1 Å².